The molecule has 0 saturated carbocycles. The van der Waals surface area contributed by atoms with Crippen molar-refractivity contribution in [3.63, 3.8) is 0 Å². The molecule has 0 spiro atoms. The number of rotatable bonds is 6. The molecule has 0 fully saturated rings. The first-order valence-corrected chi connectivity index (χ1v) is 10.6. The minimum atomic E-state index is -3.93. The third kappa shape index (κ3) is 4.81. The number of amides is 1. The van der Waals surface area contributed by atoms with E-state index in [4.69, 9.17) is 0 Å². The van der Waals surface area contributed by atoms with E-state index in [2.05, 4.69) is 10.0 Å². The van der Waals surface area contributed by atoms with Crippen molar-refractivity contribution >= 4 is 27.3 Å². The Balaban J connectivity index is 1.85. The molecular weight excluding hydrogens is 391 g/mol. The van der Waals surface area contributed by atoms with Gasteiger partial charge in [-0.05, 0) is 66.9 Å². The topological polar surface area (TPSA) is 75.3 Å². The van der Waals surface area contributed by atoms with Crippen LogP contribution >= 0.6 is 0 Å². The summed E-state index contributed by atoms with van der Waals surface area (Å²) in [6.07, 6.45) is 0.757. The van der Waals surface area contributed by atoms with Gasteiger partial charge in [-0.25, -0.2) is 12.8 Å². The van der Waals surface area contributed by atoms with Crippen LogP contribution < -0.4 is 10.0 Å². The Morgan fingerprint density at radius 2 is 1.69 bits per heavy atom. The van der Waals surface area contributed by atoms with Crippen molar-refractivity contribution in [2.75, 3.05) is 10.0 Å². The van der Waals surface area contributed by atoms with Crippen LogP contribution in [-0.2, 0) is 16.4 Å². The molecule has 2 N–H and O–H groups in total. The molecule has 3 rings (SSSR count). The number of aryl methyl sites for hydroxylation is 2. The van der Waals surface area contributed by atoms with E-state index in [9.17, 15) is 17.6 Å². The molecule has 3 aromatic rings. The van der Waals surface area contributed by atoms with Gasteiger partial charge in [0.15, 0.2) is 0 Å². The quantitative estimate of drug-likeness (QED) is 0.614. The molecule has 3 aromatic carbocycles. The molecule has 0 aromatic heterocycles. The number of carbonyl (C=O) groups is 1. The van der Waals surface area contributed by atoms with Crippen molar-refractivity contribution in [2.24, 2.45) is 0 Å². The van der Waals surface area contributed by atoms with Gasteiger partial charge in [0.05, 0.1) is 4.90 Å². The van der Waals surface area contributed by atoms with Crippen LogP contribution in [0.5, 0.6) is 0 Å². The summed E-state index contributed by atoms with van der Waals surface area (Å²) in [5.74, 6) is -0.859. The molecule has 0 bridgehead atoms. The second-order valence-corrected chi connectivity index (χ2v) is 8.24. The Labute approximate surface area is 169 Å². The summed E-state index contributed by atoms with van der Waals surface area (Å²) in [6.45, 7) is 3.90. The molecular formula is C22H21FN2O3S. The predicted molar refractivity (Wildman–Crippen MR) is 112 cm³/mol. The van der Waals surface area contributed by atoms with Crippen molar-refractivity contribution in [1.29, 1.82) is 0 Å². The number of sulfonamides is 1. The van der Waals surface area contributed by atoms with E-state index in [1.165, 1.54) is 30.3 Å². The predicted octanol–water partition coefficient (Wildman–Crippen LogP) is 4.75. The number of benzene rings is 3. The van der Waals surface area contributed by atoms with Crippen LogP contribution in [0.25, 0.3) is 0 Å². The van der Waals surface area contributed by atoms with E-state index in [1.807, 2.05) is 32.0 Å². The summed E-state index contributed by atoms with van der Waals surface area (Å²) in [4.78, 5) is 12.7. The van der Waals surface area contributed by atoms with Gasteiger partial charge in [0, 0.05) is 16.9 Å². The normalized spacial score (nSPS) is 11.1. The van der Waals surface area contributed by atoms with E-state index in [1.54, 1.807) is 6.07 Å². The summed E-state index contributed by atoms with van der Waals surface area (Å²) in [6, 6.07) is 16.5. The lowest BCUT2D eigenvalue weighted by atomic mass is 10.1. The van der Waals surface area contributed by atoms with Crippen LogP contribution in [-0.4, -0.2) is 14.3 Å². The molecule has 5 nitrogen and oxygen atoms in total. The third-order valence-electron chi connectivity index (χ3n) is 4.48. The number of para-hydroxylation sites is 1. The second kappa shape index (κ2) is 8.45. The maximum Gasteiger partial charge on any atom is 0.261 e. The summed E-state index contributed by atoms with van der Waals surface area (Å²) in [5, 5.41) is 2.88. The van der Waals surface area contributed by atoms with Crippen molar-refractivity contribution in [2.45, 2.75) is 25.2 Å². The zero-order valence-electron chi connectivity index (χ0n) is 16.1. The Bertz CT molecular complexity index is 1140. The molecule has 0 saturated heterocycles. The molecule has 0 atom stereocenters. The smallest absolute Gasteiger partial charge is 0.261 e. The fourth-order valence-corrected chi connectivity index (χ4v) is 4.03. The SMILES string of the molecule is CCc1cccc(C)c1NC(=O)c1cccc(S(=O)(=O)Nc2ccc(F)cc2)c1. The van der Waals surface area contributed by atoms with Crippen molar-refractivity contribution < 1.29 is 17.6 Å². The molecule has 0 aliphatic carbocycles. The molecule has 0 aliphatic heterocycles. The van der Waals surface area contributed by atoms with Crippen LogP contribution in [0.15, 0.2) is 71.6 Å². The Morgan fingerprint density at radius 1 is 1.00 bits per heavy atom. The van der Waals surface area contributed by atoms with Gasteiger partial charge in [0.25, 0.3) is 15.9 Å². The number of hydrogen-bond acceptors (Lipinski definition) is 3. The minimum Gasteiger partial charge on any atom is -0.321 e. The number of hydrogen-bond donors (Lipinski definition) is 2. The van der Waals surface area contributed by atoms with Gasteiger partial charge < -0.3 is 5.32 Å². The van der Waals surface area contributed by atoms with Gasteiger partial charge in [0.2, 0.25) is 0 Å². The molecule has 29 heavy (non-hydrogen) atoms. The molecule has 150 valence electrons. The van der Waals surface area contributed by atoms with E-state index in [0.29, 0.717) is 0 Å². The van der Waals surface area contributed by atoms with Crippen molar-refractivity contribution in [3.8, 4) is 0 Å². The lowest BCUT2D eigenvalue weighted by Gasteiger charge is -2.14. The number of halogens is 1. The third-order valence-corrected chi connectivity index (χ3v) is 5.86. The monoisotopic (exact) mass is 412 g/mol. The van der Waals surface area contributed by atoms with Gasteiger partial charge in [-0.15, -0.1) is 0 Å². The first-order chi connectivity index (χ1) is 13.8. The highest BCUT2D eigenvalue weighted by Crippen LogP contribution is 2.23. The number of anilines is 2. The van der Waals surface area contributed by atoms with E-state index < -0.39 is 21.7 Å². The molecule has 0 unspecified atom stereocenters. The lowest BCUT2D eigenvalue weighted by molar-refractivity contribution is 0.102. The fourth-order valence-electron chi connectivity index (χ4n) is 2.92. The molecule has 1 amide bonds. The van der Waals surface area contributed by atoms with Crippen LogP contribution in [0.3, 0.4) is 0 Å². The lowest BCUT2D eigenvalue weighted by Crippen LogP contribution is -2.17. The highest BCUT2D eigenvalue weighted by molar-refractivity contribution is 7.92. The first kappa shape index (κ1) is 20.5. The minimum absolute atomic E-state index is 0.0602. The summed E-state index contributed by atoms with van der Waals surface area (Å²) >= 11 is 0. The highest BCUT2D eigenvalue weighted by Gasteiger charge is 2.17. The van der Waals surface area contributed by atoms with E-state index >= 15 is 0 Å². The fraction of sp³-hybridized carbons (Fsp3) is 0.136. The average molecular weight is 412 g/mol. The maximum absolute atomic E-state index is 13.0. The average Bonchev–Trinajstić information content (AvgIpc) is 2.71. The van der Waals surface area contributed by atoms with Crippen molar-refractivity contribution in [1.82, 2.24) is 0 Å². The standard InChI is InChI=1S/C22H21FN2O3S/c1-3-16-7-4-6-15(2)21(16)24-22(26)17-8-5-9-20(14-17)29(27,28)25-19-12-10-18(23)11-13-19/h4-14,25H,3H2,1-2H3,(H,24,26). The summed E-state index contributed by atoms with van der Waals surface area (Å²) in [5.41, 5.74) is 3.11. The van der Waals surface area contributed by atoms with Crippen LogP contribution in [0.1, 0.15) is 28.4 Å². The first-order valence-electron chi connectivity index (χ1n) is 9.08. The maximum atomic E-state index is 13.0. The van der Waals surface area contributed by atoms with Gasteiger partial charge >= 0.3 is 0 Å². The Kier molecular flexibility index (Phi) is 5.98. The van der Waals surface area contributed by atoms with Crippen LogP contribution in [0, 0.1) is 12.7 Å². The number of nitrogens with one attached hydrogen (secondary N) is 2. The van der Waals surface area contributed by atoms with E-state index in [0.717, 1.165) is 35.4 Å². The van der Waals surface area contributed by atoms with Crippen LogP contribution in [0.4, 0.5) is 15.8 Å². The summed E-state index contributed by atoms with van der Waals surface area (Å²) in [7, 11) is -3.93. The second-order valence-electron chi connectivity index (χ2n) is 6.56. The Hall–Kier alpha value is -3.19. The van der Waals surface area contributed by atoms with E-state index in [-0.39, 0.29) is 16.1 Å². The van der Waals surface area contributed by atoms with Gasteiger partial charge in [-0.2, -0.15) is 0 Å². The van der Waals surface area contributed by atoms with Gasteiger partial charge in [-0.1, -0.05) is 31.2 Å². The van der Waals surface area contributed by atoms with Gasteiger partial charge in [-0.3, -0.25) is 9.52 Å². The highest BCUT2D eigenvalue weighted by atomic mass is 32.2. The zero-order chi connectivity index (χ0) is 21.0. The molecule has 0 radical (unpaired) electrons. The largest absolute Gasteiger partial charge is 0.321 e. The van der Waals surface area contributed by atoms with Gasteiger partial charge in [0.1, 0.15) is 5.82 Å². The number of carbonyl (C=O) groups excluding carboxylic acids is 1. The van der Waals surface area contributed by atoms with Crippen LogP contribution in [0.2, 0.25) is 0 Å². The molecule has 0 aliphatic rings. The Morgan fingerprint density at radius 3 is 2.38 bits per heavy atom. The molecule has 7 heteroatoms. The molecule has 0 heterocycles. The zero-order valence-corrected chi connectivity index (χ0v) is 16.9. The van der Waals surface area contributed by atoms with Crippen molar-refractivity contribution in [3.05, 3.63) is 89.2 Å². The summed E-state index contributed by atoms with van der Waals surface area (Å²) < 4.78 is 40.7.